The van der Waals surface area contributed by atoms with Crippen molar-refractivity contribution >= 4 is 5.91 Å². The average molecular weight is 313 g/mol. The number of para-hydroxylation sites is 1. The van der Waals surface area contributed by atoms with E-state index < -0.39 is 0 Å². The lowest BCUT2D eigenvalue weighted by molar-refractivity contribution is -0.121. The van der Waals surface area contributed by atoms with Crippen LogP contribution < -0.4 is 5.32 Å². The number of amides is 1. The second-order valence-electron chi connectivity index (χ2n) is 5.75. The molecule has 0 aliphatic heterocycles. The van der Waals surface area contributed by atoms with E-state index in [2.05, 4.69) is 17.0 Å². The lowest BCUT2D eigenvalue weighted by Crippen LogP contribution is -2.30. The highest BCUT2D eigenvalue weighted by Crippen LogP contribution is 2.31. The van der Waals surface area contributed by atoms with Crippen molar-refractivity contribution in [3.05, 3.63) is 60.2 Å². The number of carbonyl (C=O) groups excluding carboxylic acids is 1. The number of halogens is 1. The minimum absolute atomic E-state index is 0.0152. The van der Waals surface area contributed by atoms with E-state index in [9.17, 15) is 9.18 Å². The summed E-state index contributed by atoms with van der Waals surface area (Å²) in [6.45, 7) is 3.63. The Morgan fingerprint density at radius 1 is 1.48 bits per heavy atom. The molecule has 120 valence electrons. The van der Waals surface area contributed by atoms with Crippen LogP contribution >= 0.6 is 0 Å². The summed E-state index contributed by atoms with van der Waals surface area (Å²) in [4.78, 5) is 12.0. The third-order valence-corrected chi connectivity index (χ3v) is 4.17. The number of aromatic nitrogens is 2. The molecule has 5 heteroatoms. The van der Waals surface area contributed by atoms with Gasteiger partial charge in [-0.05, 0) is 37.8 Å². The monoisotopic (exact) mass is 313 g/mol. The fourth-order valence-electron chi connectivity index (χ4n) is 3.04. The zero-order valence-electron chi connectivity index (χ0n) is 13.0. The van der Waals surface area contributed by atoms with E-state index in [4.69, 9.17) is 0 Å². The molecule has 0 radical (unpaired) electrons. The fraction of sp³-hybridized carbons (Fsp3) is 0.333. The molecule has 1 atom stereocenters. The number of nitrogens with one attached hydrogen (secondary N) is 1. The predicted molar refractivity (Wildman–Crippen MR) is 86.8 cm³/mol. The average Bonchev–Trinajstić information content (AvgIpc) is 2.98. The third-order valence-electron chi connectivity index (χ3n) is 4.17. The SMILES string of the molecule is C=CCCC(=O)N[C@@H]1CCCc2c1cnn2-c1ccccc1F. The van der Waals surface area contributed by atoms with Crippen molar-refractivity contribution in [1.29, 1.82) is 0 Å². The molecule has 3 rings (SSSR count). The molecule has 1 aromatic carbocycles. The lowest BCUT2D eigenvalue weighted by atomic mass is 9.92. The van der Waals surface area contributed by atoms with Gasteiger partial charge in [-0.25, -0.2) is 9.07 Å². The van der Waals surface area contributed by atoms with Gasteiger partial charge in [-0.1, -0.05) is 18.2 Å². The zero-order valence-corrected chi connectivity index (χ0v) is 13.0. The van der Waals surface area contributed by atoms with Gasteiger partial charge in [-0.3, -0.25) is 4.79 Å². The predicted octanol–water partition coefficient (Wildman–Crippen LogP) is 3.47. The molecule has 2 aromatic rings. The highest BCUT2D eigenvalue weighted by atomic mass is 19.1. The molecule has 0 saturated heterocycles. The number of allylic oxidation sites excluding steroid dienone is 1. The molecule has 1 aromatic heterocycles. The van der Waals surface area contributed by atoms with Crippen LogP contribution in [0, 0.1) is 5.82 Å². The Labute approximate surface area is 135 Å². The van der Waals surface area contributed by atoms with Crippen molar-refractivity contribution < 1.29 is 9.18 Å². The lowest BCUT2D eigenvalue weighted by Gasteiger charge is -2.24. The zero-order chi connectivity index (χ0) is 16.2. The van der Waals surface area contributed by atoms with Gasteiger partial charge in [0.05, 0.1) is 12.2 Å². The van der Waals surface area contributed by atoms with Crippen molar-refractivity contribution in [1.82, 2.24) is 15.1 Å². The summed E-state index contributed by atoms with van der Waals surface area (Å²) in [5.74, 6) is -0.281. The highest BCUT2D eigenvalue weighted by molar-refractivity contribution is 5.76. The first kappa shape index (κ1) is 15.5. The summed E-state index contributed by atoms with van der Waals surface area (Å²) in [5, 5.41) is 7.41. The van der Waals surface area contributed by atoms with Gasteiger partial charge in [0, 0.05) is 17.7 Å². The first-order chi connectivity index (χ1) is 11.2. The Morgan fingerprint density at radius 2 is 2.30 bits per heavy atom. The highest BCUT2D eigenvalue weighted by Gasteiger charge is 2.26. The van der Waals surface area contributed by atoms with Crippen molar-refractivity contribution in [3.8, 4) is 5.69 Å². The maximum atomic E-state index is 14.0. The maximum absolute atomic E-state index is 14.0. The second kappa shape index (κ2) is 6.77. The summed E-state index contributed by atoms with van der Waals surface area (Å²) in [6.07, 6.45) is 7.26. The number of carbonyl (C=O) groups is 1. The van der Waals surface area contributed by atoms with Crippen LogP contribution in [0.1, 0.15) is 43.0 Å². The number of hydrogen-bond acceptors (Lipinski definition) is 2. The van der Waals surface area contributed by atoms with Crippen molar-refractivity contribution in [2.75, 3.05) is 0 Å². The number of hydrogen-bond donors (Lipinski definition) is 1. The number of nitrogens with zero attached hydrogens (tertiary/aromatic N) is 2. The summed E-state index contributed by atoms with van der Waals surface area (Å²) < 4.78 is 15.7. The number of rotatable bonds is 5. The molecule has 4 nitrogen and oxygen atoms in total. The largest absolute Gasteiger partial charge is 0.349 e. The van der Waals surface area contributed by atoms with E-state index in [1.54, 1.807) is 35.2 Å². The Bertz CT molecular complexity index is 723. The van der Waals surface area contributed by atoms with E-state index in [1.807, 2.05) is 0 Å². The molecular formula is C18H20FN3O. The molecule has 0 unspecified atom stereocenters. The van der Waals surface area contributed by atoms with E-state index in [-0.39, 0.29) is 17.8 Å². The van der Waals surface area contributed by atoms with Crippen LogP contribution in [0.5, 0.6) is 0 Å². The van der Waals surface area contributed by atoms with Crippen LogP contribution in [0.2, 0.25) is 0 Å². The van der Waals surface area contributed by atoms with Crippen LogP contribution in [-0.2, 0) is 11.2 Å². The summed E-state index contributed by atoms with van der Waals surface area (Å²) in [6, 6.07) is 6.56. The van der Waals surface area contributed by atoms with E-state index in [0.717, 1.165) is 30.5 Å². The van der Waals surface area contributed by atoms with Crippen molar-refractivity contribution in [2.45, 2.75) is 38.1 Å². The normalized spacial score (nSPS) is 16.7. The molecule has 1 N–H and O–H groups in total. The number of benzene rings is 1. The minimum atomic E-state index is -0.296. The molecule has 23 heavy (non-hydrogen) atoms. The summed E-state index contributed by atoms with van der Waals surface area (Å²) in [5.41, 5.74) is 2.43. The molecule has 0 fully saturated rings. The molecule has 1 heterocycles. The minimum Gasteiger partial charge on any atom is -0.349 e. The quantitative estimate of drug-likeness (QED) is 0.859. The van der Waals surface area contributed by atoms with Crippen LogP contribution in [0.4, 0.5) is 4.39 Å². The third kappa shape index (κ3) is 3.18. The van der Waals surface area contributed by atoms with E-state index in [1.165, 1.54) is 6.07 Å². The van der Waals surface area contributed by atoms with Crippen molar-refractivity contribution in [3.63, 3.8) is 0 Å². The van der Waals surface area contributed by atoms with Gasteiger partial charge in [0.1, 0.15) is 11.5 Å². The molecule has 0 spiro atoms. The van der Waals surface area contributed by atoms with Gasteiger partial charge >= 0.3 is 0 Å². The van der Waals surface area contributed by atoms with Crippen molar-refractivity contribution in [2.24, 2.45) is 0 Å². The molecule has 1 amide bonds. The van der Waals surface area contributed by atoms with E-state index in [0.29, 0.717) is 18.5 Å². The first-order valence-corrected chi connectivity index (χ1v) is 7.92. The van der Waals surface area contributed by atoms with Crippen LogP contribution in [0.25, 0.3) is 5.69 Å². The molecule has 0 bridgehead atoms. The number of fused-ring (bicyclic) bond motifs is 1. The Kier molecular flexibility index (Phi) is 4.55. The Morgan fingerprint density at radius 3 is 3.09 bits per heavy atom. The Balaban J connectivity index is 1.86. The molecular weight excluding hydrogens is 293 g/mol. The maximum Gasteiger partial charge on any atom is 0.220 e. The molecule has 1 aliphatic carbocycles. The topological polar surface area (TPSA) is 46.9 Å². The summed E-state index contributed by atoms with van der Waals surface area (Å²) >= 11 is 0. The smallest absolute Gasteiger partial charge is 0.220 e. The molecule has 0 saturated carbocycles. The van der Waals surface area contributed by atoms with Crippen LogP contribution in [0.15, 0.2) is 43.1 Å². The first-order valence-electron chi connectivity index (χ1n) is 7.92. The summed E-state index contributed by atoms with van der Waals surface area (Å²) in [7, 11) is 0. The Hall–Kier alpha value is -2.43. The van der Waals surface area contributed by atoms with E-state index >= 15 is 0 Å². The van der Waals surface area contributed by atoms with Gasteiger partial charge in [-0.15, -0.1) is 6.58 Å². The molecule has 1 aliphatic rings. The van der Waals surface area contributed by atoms with Crippen LogP contribution in [-0.4, -0.2) is 15.7 Å². The van der Waals surface area contributed by atoms with Gasteiger partial charge < -0.3 is 5.32 Å². The van der Waals surface area contributed by atoms with Gasteiger partial charge in [0.15, 0.2) is 0 Å². The van der Waals surface area contributed by atoms with Crippen LogP contribution in [0.3, 0.4) is 0 Å². The van der Waals surface area contributed by atoms with Gasteiger partial charge in [0.25, 0.3) is 0 Å². The van der Waals surface area contributed by atoms with Gasteiger partial charge in [0.2, 0.25) is 5.91 Å². The fourth-order valence-corrected chi connectivity index (χ4v) is 3.04. The second-order valence-corrected chi connectivity index (χ2v) is 5.75. The van der Waals surface area contributed by atoms with Gasteiger partial charge in [-0.2, -0.15) is 5.10 Å². The standard InChI is InChI=1S/C18H20FN3O/c1-2-3-11-18(23)21-15-8-6-10-16-13(15)12-20-22(16)17-9-5-4-7-14(17)19/h2,4-5,7,9,12,15H,1,3,6,8,10-11H2,(H,21,23)/t15-/m1/s1.